The van der Waals surface area contributed by atoms with Gasteiger partial charge in [-0.1, -0.05) is 6.07 Å². The minimum absolute atomic E-state index is 0.420. The van der Waals surface area contributed by atoms with E-state index in [2.05, 4.69) is 38.2 Å². The Bertz CT molecular complexity index is 657. The lowest BCUT2D eigenvalue weighted by Crippen LogP contribution is -2.27. The van der Waals surface area contributed by atoms with Crippen LogP contribution in [0.3, 0.4) is 0 Å². The predicted octanol–water partition coefficient (Wildman–Crippen LogP) is 1.93. The first-order valence-corrected chi connectivity index (χ1v) is 8.00. The molecule has 2 aromatic heterocycles. The van der Waals surface area contributed by atoms with Crippen LogP contribution >= 0.6 is 0 Å². The summed E-state index contributed by atoms with van der Waals surface area (Å²) in [6.45, 7) is 5.13. The minimum Gasteiger partial charge on any atom is -0.366 e. The third-order valence-electron chi connectivity index (χ3n) is 4.23. The third-order valence-corrected chi connectivity index (χ3v) is 4.23. The van der Waals surface area contributed by atoms with E-state index < -0.39 is 0 Å². The van der Waals surface area contributed by atoms with Gasteiger partial charge in [0.15, 0.2) is 0 Å². The molecule has 0 bridgehead atoms. The molecule has 23 heavy (non-hydrogen) atoms. The lowest BCUT2D eigenvalue weighted by atomic mass is 10.2. The number of hydrogen-bond donors (Lipinski definition) is 1. The second kappa shape index (κ2) is 6.91. The first-order valence-electron chi connectivity index (χ1n) is 8.00. The summed E-state index contributed by atoms with van der Waals surface area (Å²) in [5, 5.41) is 3.53. The highest BCUT2D eigenvalue weighted by Crippen LogP contribution is 2.18. The molecule has 3 rings (SSSR count). The van der Waals surface area contributed by atoms with Gasteiger partial charge in [-0.05, 0) is 25.0 Å². The Morgan fingerprint density at radius 2 is 2.17 bits per heavy atom. The highest BCUT2D eigenvalue weighted by molar-refractivity contribution is 5.48. The normalized spacial score (nSPS) is 18.1. The zero-order chi connectivity index (χ0) is 16.2. The zero-order valence-electron chi connectivity index (χ0n) is 14.0. The first kappa shape index (κ1) is 15.7. The smallest absolute Gasteiger partial charge is 0.133 e. The van der Waals surface area contributed by atoms with E-state index in [1.807, 2.05) is 37.3 Å². The molecule has 0 aliphatic carbocycles. The number of hydrogen-bond acceptors (Lipinski definition) is 6. The molecule has 3 heterocycles. The van der Waals surface area contributed by atoms with E-state index in [0.29, 0.717) is 6.04 Å². The fourth-order valence-corrected chi connectivity index (χ4v) is 2.87. The van der Waals surface area contributed by atoms with Gasteiger partial charge in [0.1, 0.15) is 18.0 Å². The van der Waals surface area contributed by atoms with E-state index >= 15 is 0 Å². The maximum absolute atomic E-state index is 4.49. The van der Waals surface area contributed by atoms with Crippen molar-refractivity contribution in [2.75, 3.05) is 37.4 Å². The topological polar surface area (TPSA) is 57.2 Å². The first-order chi connectivity index (χ1) is 11.1. The molecular formula is C17H24N6. The molecule has 1 aliphatic heterocycles. The third kappa shape index (κ3) is 3.96. The van der Waals surface area contributed by atoms with E-state index in [4.69, 9.17) is 0 Å². The summed E-state index contributed by atoms with van der Waals surface area (Å²) in [7, 11) is 3.97. The van der Waals surface area contributed by atoms with Crippen molar-refractivity contribution < 1.29 is 0 Å². The summed E-state index contributed by atoms with van der Waals surface area (Å²) in [6, 6.07) is 6.53. The number of rotatable bonds is 5. The SMILES string of the molecule is Cc1cccnc1CN1CCC(Nc2cc(N(C)C)ncn2)C1. The van der Waals surface area contributed by atoms with Crippen molar-refractivity contribution >= 4 is 11.6 Å². The van der Waals surface area contributed by atoms with E-state index in [1.165, 1.54) is 11.3 Å². The number of nitrogens with one attached hydrogen (secondary N) is 1. The van der Waals surface area contributed by atoms with Crippen molar-refractivity contribution in [2.24, 2.45) is 0 Å². The van der Waals surface area contributed by atoms with Crippen LogP contribution in [0.4, 0.5) is 11.6 Å². The predicted molar refractivity (Wildman–Crippen MR) is 92.6 cm³/mol. The summed E-state index contributed by atoms with van der Waals surface area (Å²) < 4.78 is 0. The van der Waals surface area contributed by atoms with Gasteiger partial charge in [0, 0.05) is 52.0 Å². The van der Waals surface area contributed by atoms with E-state index in [0.717, 1.165) is 37.7 Å². The number of nitrogens with zero attached hydrogens (tertiary/aromatic N) is 5. The Balaban J connectivity index is 1.58. The average Bonchev–Trinajstić information content (AvgIpc) is 2.97. The fraction of sp³-hybridized carbons (Fsp3) is 0.471. The molecular weight excluding hydrogens is 288 g/mol. The Morgan fingerprint density at radius 3 is 2.96 bits per heavy atom. The van der Waals surface area contributed by atoms with Gasteiger partial charge in [-0.15, -0.1) is 0 Å². The number of anilines is 2. The molecule has 2 aromatic rings. The number of likely N-dealkylation sites (tertiary alicyclic amines) is 1. The van der Waals surface area contributed by atoms with Crippen molar-refractivity contribution in [1.29, 1.82) is 0 Å². The summed E-state index contributed by atoms with van der Waals surface area (Å²) in [6.07, 6.45) is 4.60. The highest BCUT2D eigenvalue weighted by atomic mass is 15.2. The zero-order valence-corrected chi connectivity index (χ0v) is 14.0. The maximum atomic E-state index is 4.49. The largest absolute Gasteiger partial charge is 0.366 e. The van der Waals surface area contributed by atoms with Crippen molar-refractivity contribution in [3.8, 4) is 0 Å². The molecule has 6 nitrogen and oxygen atoms in total. The Labute approximate surface area is 137 Å². The van der Waals surface area contributed by atoms with Gasteiger partial charge in [0.2, 0.25) is 0 Å². The summed E-state index contributed by atoms with van der Waals surface area (Å²) >= 11 is 0. The molecule has 1 unspecified atom stereocenters. The van der Waals surface area contributed by atoms with Crippen LogP contribution < -0.4 is 10.2 Å². The maximum Gasteiger partial charge on any atom is 0.133 e. The van der Waals surface area contributed by atoms with Gasteiger partial charge in [-0.3, -0.25) is 9.88 Å². The van der Waals surface area contributed by atoms with Crippen LogP contribution in [0.1, 0.15) is 17.7 Å². The minimum atomic E-state index is 0.420. The standard InChI is InChI=1S/C17H24N6/c1-13-5-4-7-18-15(13)11-23-8-6-14(10-23)21-16-9-17(22(2)3)20-12-19-16/h4-5,7,9,12,14H,6,8,10-11H2,1-3H3,(H,19,20,21). The molecule has 0 radical (unpaired) electrons. The van der Waals surface area contributed by atoms with Gasteiger partial charge in [-0.2, -0.15) is 0 Å². The molecule has 6 heteroatoms. The fourth-order valence-electron chi connectivity index (χ4n) is 2.87. The Morgan fingerprint density at radius 1 is 1.30 bits per heavy atom. The van der Waals surface area contributed by atoms with Gasteiger partial charge in [0.25, 0.3) is 0 Å². The second-order valence-corrected chi connectivity index (χ2v) is 6.29. The second-order valence-electron chi connectivity index (χ2n) is 6.29. The molecule has 0 spiro atoms. The van der Waals surface area contributed by atoms with Crippen LogP contribution in [0.15, 0.2) is 30.7 Å². The van der Waals surface area contributed by atoms with Crippen LogP contribution in [0.2, 0.25) is 0 Å². The molecule has 1 fully saturated rings. The average molecular weight is 312 g/mol. The number of aryl methyl sites for hydroxylation is 1. The lowest BCUT2D eigenvalue weighted by Gasteiger charge is -2.18. The summed E-state index contributed by atoms with van der Waals surface area (Å²) in [4.78, 5) is 17.5. The quantitative estimate of drug-likeness (QED) is 0.910. The molecule has 0 aromatic carbocycles. The summed E-state index contributed by atoms with van der Waals surface area (Å²) in [5.41, 5.74) is 2.43. The van der Waals surface area contributed by atoms with Crippen molar-refractivity contribution in [3.05, 3.63) is 42.0 Å². The highest BCUT2D eigenvalue weighted by Gasteiger charge is 2.23. The van der Waals surface area contributed by atoms with Crippen LogP contribution in [-0.4, -0.2) is 53.1 Å². The molecule has 0 amide bonds. The Kier molecular flexibility index (Phi) is 4.71. The molecule has 1 saturated heterocycles. The molecule has 1 aliphatic rings. The number of aromatic nitrogens is 3. The van der Waals surface area contributed by atoms with E-state index in [1.54, 1.807) is 6.33 Å². The van der Waals surface area contributed by atoms with Crippen LogP contribution in [0.25, 0.3) is 0 Å². The van der Waals surface area contributed by atoms with Gasteiger partial charge in [0.05, 0.1) is 5.69 Å². The van der Waals surface area contributed by atoms with Crippen LogP contribution in [-0.2, 0) is 6.54 Å². The van der Waals surface area contributed by atoms with Crippen LogP contribution in [0, 0.1) is 6.92 Å². The molecule has 0 saturated carbocycles. The van der Waals surface area contributed by atoms with E-state index in [-0.39, 0.29) is 0 Å². The lowest BCUT2D eigenvalue weighted by molar-refractivity contribution is 0.323. The Hall–Kier alpha value is -2.21. The molecule has 1 atom stereocenters. The number of pyridine rings is 1. The van der Waals surface area contributed by atoms with Gasteiger partial charge < -0.3 is 10.2 Å². The molecule has 1 N–H and O–H groups in total. The van der Waals surface area contributed by atoms with Crippen LogP contribution in [0.5, 0.6) is 0 Å². The van der Waals surface area contributed by atoms with Crippen molar-refractivity contribution in [3.63, 3.8) is 0 Å². The summed E-state index contributed by atoms with van der Waals surface area (Å²) in [5.74, 6) is 1.81. The van der Waals surface area contributed by atoms with Gasteiger partial charge >= 0.3 is 0 Å². The van der Waals surface area contributed by atoms with Crippen molar-refractivity contribution in [2.45, 2.75) is 25.9 Å². The monoisotopic (exact) mass is 312 g/mol. The van der Waals surface area contributed by atoms with Gasteiger partial charge in [-0.25, -0.2) is 9.97 Å². The van der Waals surface area contributed by atoms with Crippen molar-refractivity contribution in [1.82, 2.24) is 19.9 Å². The van der Waals surface area contributed by atoms with E-state index in [9.17, 15) is 0 Å². The molecule has 122 valence electrons.